The quantitative estimate of drug-likeness (QED) is 0.446. The lowest BCUT2D eigenvalue weighted by Crippen LogP contribution is -2.15. The minimum atomic E-state index is -1.64. The van der Waals surface area contributed by atoms with E-state index in [2.05, 4.69) is 0 Å². The summed E-state index contributed by atoms with van der Waals surface area (Å²) in [6.45, 7) is 3.66. The number of aliphatic hydroxyl groups is 1. The number of benzene rings is 1. The fourth-order valence-electron chi connectivity index (χ4n) is 3.10. The van der Waals surface area contributed by atoms with E-state index in [-0.39, 0.29) is 5.92 Å². The predicted molar refractivity (Wildman–Crippen MR) is 87.2 cm³/mol. The Morgan fingerprint density at radius 2 is 1.65 bits per heavy atom. The first-order chi connectivity index (χ1) is 12.0. The van der Waals surface area contributed by atoms with Crippen molar-refractivity contribution in [2.24, 2.45) is 17.3 Å². The van der Waals surface area contributed by atoms with Gasteiger partial charge < -0.3 is 9.84 Å². The second-order valence-electron chi connectivity index (χ2n) is 6.87. The number of halogens is 5. The molecule has 2 unspecified atom stereocenters. The summed E-state index contributed by atoms with van der Waals surface area (Å²) in [6.07, 6.45) is 1.12. The highest BCUT2D eigenvalue weighted by molar-refractivity contribution is 6.29. The van der Waals surface area contributed by atoms with Gasteiger partial charge in [0, 0.05) is 23.6 Å². The van der Waals surface area contributed by atoms with Gasteiger partial charge in [-0.1, -0.05) is 31.5 Å². The zero-order valence-corrected chi connectivity index (χ0v) is 15.3. The van der Waals surface area contributed by atoms with Crippen LogP contribution < -0.4 is 0 Å². The van der Waals surface area contributed by atoms with Gasteiger partial charge in [0.15, 0.2) is 23.3 Å². The van der Waals surface area contributed by atoms with Gasteiger partial charge in [-0.3, -0.25) is 4.79 Å². The average Bonchev–Trinajstić information content (AvgIpc) is 3.09. The van der Waals surface area contributed by atoms with Crippen molar-refractivity contribution >= 4 is 17.6 Å². The van der Waals surface area contributed by atoms with Crippen LogP contribution in [0.5, 0.6) is 0 Å². The van der Waals surface area contributed by atoms with Gasteiger partial charge in [-0.15, -0.1) is 0 Å². The molecule has 1 fully saturated rings. The van der Waals surface area contributed by atoms with Crippen LogP contribution >= 0.6 is 11.6 Å². The maximum Gasteiger partial charge on any atom is 0.310 e. The van der Waals surface area contributed by atoms with Gasteiger partial charge in [0.1, 0.15) is 6.61 Å². The van der Waals surface area contributed by atoms with E-state index >= 15 is 0 Å². The minimum absolute atomic E-state index is 0.192. The van der Waals surface area contributed by atoms with Crippen molar-refractivity contribution in [1.82, 2.24) is 0 Å². The molecule has 144 valence electrons. The summed E-state index contributed by atoms with van der Waals surface area (Å²) in [5.74, 6) is -7.96. The summed E-state index contributed by atoms with van der Waals surface area (Å²) in [5, 5.41) is 9.24. The van der Waals surface area contributed by atoms with Crippen molar-refractivity contribution in [2.45, 2.75) is 33.8 Å². The highest BCUT2D eigenvalue weighted by Gasteiger charge is 2.61. The smallest absolute Gasteiger partial charge is 0.310 e. The number of carbonyl (C=O) groups excluding carboxylic acids is 1. The van der Waals surface area contributed by atoms with Crippen molar-refractivity contribution in [3.63, 3.8) is 0 Å². The van der Waals surface area contributed by atoms with Gasteiger partial charge in [0.05, 0.1) is 11.5 Å². The lowest BCUT2D eigenvalue weighted by molar-refractivity contribution is -0.147. The monoisotopic (exact) mass is 394 g/mol. The molecular weight excluding hydrogens is 376 g/mol. The van der Waals surface area contributed by atoms with Gasteiger partial charge in [-0.25, -0.2) is 17.6 Å². The Balaban J connectivity index is 2.18. The highest BCUT2D eigenvalue weighted by atomic mass is 35.5. The van der Waals surface area contributed by atoms with Crippen molar-refractivity contribution in [3.8, 4) is 0 Å². The molecule has 1 aliphatic rings. The molecule has 2 rings (SSSR count). The molecular formula is C18H19ClF4O3. The summed E-state index contributed by atoms with van der Waals surface area (Å²) in [5.41, 5.74) is -2.33. The molecule has 0 amide bonds. The van der Waals surface area contributed by atoms with Crippen LogP contribution in [0.1, 0.15) is 31.9 Å². The van der Waals surface area contributed by atoms with Crippen LogP contribution in [0.4, 0.5) is 17.6 Å². The van der Waals surface area contributed by atoms with E-state index in [0.29, 0.717) is 5.03 Å². The van der Waals surface area contributed by atoms with Crippen molar-refractivity contribution in [2.75, 3.05) is 6.61 Å². The molecule has 3 nitrogen and oxygen atoms in total. The number of allylic oxidation sites excluding steroid dienone is 2. The molecule has 0 heterocycles. The Bertz CT molecular complexity index is 728. The average molecular weight is 395 g/mol. The Hall–Kier alpha value is -1.60. The molecule has 2 atom stereocenters. The molecule has 26 heavy (non-hydrogen) atoms. The first-order valence-corrected chi connectivity index (χ1v) is 8.36. The van der Waals surface area contributed by atoms with Crippen LogP contribution in [0.25, 0.3) is 0 Å². The van der Waals surface area contributed by atoms with Crippen LogP contribution in [0.2, 0.25) is 0 Å². The molecule has 0 aliphatic heterocycles. The second-order valence-corrected chi connectivity index (χ2v) is 7.47. The third-order valence-electron chi connectivity index (χ3n) is 4.74. The zero-order chi connectivity index (χ0) is 19.8. The number of aliphatic hydroxyl groups excluding tert-OH is 1. The van der Waals surface area contributed by atoms with Crippen LogP contribution in [0, 0.1) is 40.5 Å². The van der Waals surface area contributed by atoms with Crippen molar-refractivity contribution in [3.05, 3.63) is 45.5 Å². The first kappa shape index (κ1) is 20.7. The van der Waals surface area contributed by atoms with E-state index in [9.17, 15) is 22.4 Å². The van der Waals surface area contributed by atoms with Gasteiger partial charge >= 0.3 is 5.97 Å². The Morgan fingerprint density at radius 1 is 1.15 bits per heavy atom. The third kappa shape index (κ3) is 3.74. The molecule has 1 saturated carbocycles. The van der Waals surface area contributed by atoms with Gasteiger partial charge in [0.25, 0.3) is 0 Å². The molecule has 1 aromatic rings. The lowest BCUT2D eigenvalue weighted by Gasteiger charge is -2.12. The minimum Gasteiger partial charge on any atom is -0.460 e. The maximum atomic E-state index is 14.0. The Kier molecular flexibility index (Phi) is 6.02. The largest absolute Gasteiger partial charge is 0.460 e. The molecule has 1 N–H and O–H groups in total. The number of hydrogen-bond donors (Lipinski definition) is 1. The summed E-state index contributed by atoms with van der Waals surface area (Å²) < 4.78 is 60.6. The number of carbonyl (C=O) groups is 1. The first-order valence-electron chi connectivity index (χ1n) is 7.99. The van der Waals surface area contributed by atoms with E-state index in [1.165, 1.54) is 0 Å². The van der Waals surface area contributed by atoms with E-state index in [1.54, 1.807) is 13.0 Å². The molecule has 0 spiro atoms. The number of rotatable bonds is 6. The number of esters is 1. The van der Waals surface area contributed by atoms with E-state index < -0.39 is 71.3 Å². The third-order valence-corrected chi connectivity index (χ3v) is 4.87. The normalized spacial score (nSPS) is 21.7. The highest BCUT2D eigenvalue weighted by Crippen LogP contribution is 2.60. The molecule has 8 heteroatoms. The standard InChI is InChI=1S/C18H19ClF4O3/c1-8(19)6-11-12(18(11,2)3)17(25)26-7-10-15(22)13(20)9(4-5-24)14(21)16(10)23/h6,11-12,24H,4-5,7H2,1-3H3. The number of ether oxygens (including phenoxy) is 1. The summed E-state index contributed by atoms with van der Waals surface area (Å²) in [6, 6.07) is 0. The van der Waals surface area contributed by atoms with Crippen molar-refractivity contribution < 1.29 is 32.2 Å². The molecule has 0 aromatic heterocycles. The SMILES string of the molecule is CC(Cl)=CC1C(C(=O)OCc2c(F)c(F)c(CCO)c(F)c2F)C1(C)C. The fourth-order valence-corrected chi connectivity index (χ4v) is 3.24. The number of hydrogen-bond acceptors (Lipinski definition) is 3. The summed E-state index contributed by atoms with van der Waals surface area (Å²) >= 11 is 5.81. The van der Waals surface area contributed by atoms with Gasteiger partial charge in [-0.05, 0) is 18.3 Å². The van der Waals surface area contributed by atoms with E-state index in [4.69, 9.17) is 21.4 Å². The topological polar surface area (TPSA) is 46.5 Å². The molecule has 0 radical (unpaired) electrons. The van der Waals surface area contributed by atoms with Gasteiger partial charge in [0.2, 0.25) is 0 Å². The van der Waals surface area contributed by atoms with E-state index in [1.807, 2.05) is 13.8 Å². The summed E-state index contributed by atoms with van der Waals surface area (Å²) in [4.78, 5) is 12.2. The van der Waals surface area contributed by atoms with E-state index in [0.717, 1.165) is 0 Å². The van der Waals surface area contributed by atoms with Gasteiger partial charge in [-0.2, -0.15) is 0 Å². The fraction of sp³-hybridized carbons (Fsp3) is 0.500. The van der Waals surface area contributed by atoms with Crippen molar-refractivity contribution in [1.29, 1.82) is 0 Å². The second kappa shape index (κ2) is 7.56. The Labute approximate surface area is 153 Å². The van der Waals surface area contributed by atoms with Crippen LogP contribution in [0.15, 0.2) is 11.1 Å². The molecule has 0 saturated heterocycles. The van der Waals surface area contributed by atoms with Crippen LogP contribution in [0.3, 0.4) is 0 Å². The lowest BCUT2D eigenvalue weighted by atomic mass is 10.1. The van der Waals surface area contributed by atoms with Crippen LogP contribution in [-0.2, 0) is 22.6 Å². The maximum absolute atomic E-state index is 14.0. The Morgan fingerprint density at radius 3 is 2.12 bits per heavy atom. The zero-order valence-electron chi connectivity index (χ0n) is 14.5. The molecule has 1 aliphatic carbocycles. The molecule has 1 aromatic carbocycles. The molecule has 0 bridgehead atoms. The summed E-state index contributed by atoms with van der Waals surface area (Å²) in [7, 11) is 0. The van der Waals surface area contributed by atoms with Crippen LogP contribution in [-0.4, -0.2) is 17.7 Å². The predicted octanol–water partition coefficient (Wildman–Crippen LogP) is 4.24.